The van der Waals surface area contributed by atoms with E-state index in [1.807, 2.05) is 19.1 Å². The summed E-state index contributed by atoms with van der Waals surface area (Å²) in [5.74, 6) is 0.649. The van der Waals surface area contributed by atoms with Crippen molar-refractivity contribution in [3.63, 3.8) is 0 Å². The SMILES string of the molecule is CC(S)CS.Fc1ccc(-c2cccnc2)cc1. The fourth-order valence-corrected chi connectivity index (χ4v) is 1.18. The summed E-state index contributed by atoms with van der Waals surface area (Å²) in [7, 11) is 0. The third-order valence-corrected chi connectivity index (χ3v) is 3.12. The van der Waals surface area contributed by atoms with Gasteiger partial charge in [0, 0.05) is 23.4 Å². The van der Waals surface area contributed by atoms with E-state index in [0.717, 1.165) is 16.9 Å². The Kier molecular flexibility index (Phi) is 6.83. The topological polar surface area (TPSA) is 12.9 Å². The lowest BCUT2D eigenvalue weighted by Crippen LogP contribution is -1.88. The number of thiol groups is 2. The molecule has 0 radical (unpaired) electrons. The number of benzene rings is 1. The van der Waals surface area contributed by atoms with Crippen LogP contribution in [0.15, 0.2) is 48.8 Å². The smallest absolute Gasteiger partial charge is 0.123 e. The van der Waals surface area contributed by atoms with Gasteiger partial charge >= 0.3 is 0 Å². The maximum Gasteiger partial charge on any atom is 0.123 e. The van der Waals surface area contributed by atoms with E-state index < -0.39 is 0 Å². The van der Waals surface area contributed by atoms with E-state index in [2.05, 4.69) is 30.2 Å². The predicted molar refractivity (Wildman–Crippen MR) is 81.9 cm³/mol. The largest absolute Gasteiger partial charge is 0.264 e. The zero-order chi connectivity index (χ0) is 13.4. The molecule has 2 rings (SSSR count). The molecule has 18 heavy (non-hydrogen) atoms. The predicted octanol–water partition coefficient (Wildman–Crippen LogP) is 4.12. The van der Waals surface area contributed by atoms with Gasteiger partial charge in [0.25, 0.3) is 0 Å². The van der Waals surface area contributed by atoms with Gasteiger partial charge in [-0.3, -0.25) is 4.98 Å². The Balaban J connectivity index is 0.000000280. The van der Waals surface area contributed by atoms with Crippen LogP contribution in [-0.4, -0.2) is 16.0 Å². The van der Waals surface area contributed by atoms with E-state index in [0.29, 0.717) is 5.25 Å². The third-order valence-electron chi connectivity index (χ3n) is 2.10. The lowest BCUT2D eigenvalue weighted by molar-refractivity contribution is 0.628. The zero-order valence-corrected chi connectivity index (χ0v) is 11.9. The molecular formula is C14H16FNS2. The van der Waals surface area contributed by atoms with E-state index in [4.69, 9.17) is 0 Å². The molecule has 0 saturated heterocycles. The van der Waals surface area contributed by atoms with Crippen molar-refractivity contribution in [3.05, 3.63) is 54.6 Å². The molecule has 4 heteroatoms. The van der Waals surface area contributed by atoms with Crippen molar-refractivity contribution >= 4 is 25.3 Å². The molecule has 0 amide bonds. The van der Waals surface area contributed by atoms with Crippen LogP contribution in [0.1, 0.15) is 6.92 Å². The Labute approximate surface area is 118 Å². The molecule has 0 N–H and O–H groups in total. The lowest BCUT2D eigenvalue weighted by atomic mass is 10.1. The van der Waals surface area contributed by atoms with Crippen molar-refractivity contribution in [2.75, 3.05) is 5.75 Å². The van der Waals surface area contributed by atoms with Gasteiger partial charge < -0.3 is 0 Å². The molecule has 0 aliphatic rings. The second-order valence-corrected chi connectivity index (χ2v) is 5.03. The lowest BCUT2D eigenvalue weighted by Gasteiger charge is -1.98. The van der Waals surface area contributed by atoms with Gasteiger partial charge in [-0.05, 0) is 29.3 Å². The molecule has 0 bridgehead atoms. The maximum atomic E-state index is 12.6. The van der Waals surface area contributed by atoms with E-state index in [-0.39, 0.29) is 5.82 Å². The van der Waals surface area contributed by atoms with E-state index in [1.165, 1.54) is 12.1 Å². The molecule has 1 aromatic heterocycles. The van der Waals surface area contributed by atoms with Crippen LogP contribution in [0.4, 0.5) is 4.39 Å². The fraction of sp³-hybridized carbons (Fsp3) is 0.214. The number of halogens is 1. The molecule has 1 aromatic carbocycles. The highest BCUT2D eigenvalue weighted by atomic mass is 32.1. The molecule has 1 nitrogen and oxygen atoms in total. The summed E-state index contributed by atoms with van der Waals surface area (Å²) in [6.07, 6.45) is 3.47. The number of hydrogen-bond acceptors (Lipinski definition) is 3. The van der Waals surface area contributed by atoms with Crippen molar-refractivity contribution in [1.29, 1.82) is 0 Å². The van der Waals surface area contributed by atoms with Crippen LogP contribution in [0.2, 0.25) is 0 Å². The van der Waals surface area contributed by atoms with Crippen molar-refractivity contribution in [2.24, 2.45) is 0 Å². The van der Waals surface area contributed by atoms with Gasteiger partial charge in [-0.1, -0.05) is 25.1 Å². The van der Waals surface area contributed by atoms with E-state index in [1.54, 1.807) is 24.5 Å². The number of nitrogens with zero attached hydrogens (tertiary/aromatic N) is 1. The first-order chi connectivity index (χ1) is 8.63. The van der Waals surface area contributed by atoms with Crippen LogP contribution < -0.4 is 0 Å². The number of rotatable bonds is 2. The van der Waals surface area contributed by atoms with Gasteiger partial charge in [0.05, 0.1) is 0 Å². The van der Waals surface area contributed by atoms with Gasteiger partial charge in [-0.2, -0.15) is 25.3 Å². The first kappa shape index (κ1) is 15.1. The second kappa shape index (κ2) is 8.16. The average molecular weight is 281 g/mol. The highest BCUT2D eigenvalue weighted by Gasteiger charge is 1.95. The Morgan fingerprint density at radius 2 is 1.78 bits per heavy atom. The molecule has 1 atom stereocenters. The molecule has 1 unspecified atom stereocenters. The maximum absolute atomic E-state index is 12.6. The highest BCUT2D eigenvalue weighted by molar-refractivity contribution is 7.84. The van der Waals surface area contributed by atoms with Gasteiger partial charge in [0.15, 0.2) is 0 Å². The minimum Gasteiger partial charge on any atom is -0.264 e. The van der Waals surface area contributed by atoms with Gasteiger partial charge in [0.2, 0.25) is 0 Å². The molecule has 96 valence electrons. The molecule has 0 saturated carbocycles. The van der Waals surface area contributed by atoms with Gasteiger partial charge in [0.1, 0.15) is 5.82 Å². The summed E-state index contributed by atoms with van der Waals surface area (Å²) < 4.78 is 12.6. The van der Waals surface area contributed by atoms with E-state index in [9.17, 15) is 4.39 Å². The second-order valence-electron chi connectivity index (χ2n) is 3.78. The van der Waals surface area contributed by atoms with Crippen LogP contribution in [0.5, 0.6) is 0 Å². The molecule has 0 fully saturated rings. The molecule has 0 aliphatic carbocycles. The Morgan fingerprint density at radius 1 is 1.17 bits per heavy atom. The minimum absolute atomic E-state index is 0.215. The summed E-state index contributed by atoms with van der Waals surface area (Å²) in [6.45, 7) is 2.01. The monoisotopic (exact) mass is 281 g/mol. The summed E-state index contributed by atoms with van der Waals surface area (Å²) in [6, 6.07) is 10.2. The normalized spacial score (nSPS) is 11.3. The van der Waals surface area contributed by atoms with Crippen molar-refractivity contribution < 1.29 is 4.39 Å². The van der Waals surface area contributed by atoms with Crippen LogP contribution in [0, 0.1) is 5.82 Å². The molecule has 1 heterocycles. The number of aromatic nitrogens is 1. The Morgan fingerprint density at radius 3 is 2.22 bits per heavy atom. The highest BCUT2D eigenvalue weighted by Crippen LogP contribution is 2.17. The summed E-state index contributed by atoms with van der Waals surface area (Å²) in [4.78, 5) is 3.99. The summed E-state index contributed by atoms with van der Waals surface area (Å²) >= 11 is 7.96. The average Bonchev–Trinajstić information content (AvgIpc) is 2.41. The molecule has 2 aromatic rings. The van der Waals surface area contributed by atoms with Gasteiger partial charge in [-0.25, -0.2) is 4.39 Å². The van der Waals surface area contributed by atoms with Crippen LogP contribution in [0.25, 0.3) is 11.1 Å². The number of hydrogen-bond donors (Lipinski definition) is 2. The first-order valence-electron chi connectivity index (χ1n) is 5.58. The van der Waals surface area contributed by atoms with Crippen LogP contribution in [-0.2, 0) is 0 Å². The Hall–Kier alpha value is -1.00. The molecule has 0 spiro atoms. The minimum atomic E-state index is -0.215. The fourth-order valence-electron chi connectivity index (χ4n) is 1.18. The van der Waals surface area contributed by atoms with Gasteiger partial charge in [-0.15, -0.1) is 0 Å². The summed E-state index contributed by atoms with van der Waals surface area (Å²) in [5.41, 5.74) is 1.98. The van der Waals surface area contributed by atoms with Crippen molar-refractivity contribution in [2.45, 2.75) is 12.2 Å². The first-order valence-corrected chi connectivity index (χ1v) is 6.73. The van der Waals surface area contributed by atoms with Crippen molar-refractivity contribution in [1.82, 2.24) is 4.98 Å². The molecule has 0 aliphatic heterocycles. The zero-order valence-electron chi connectivity index (χ0n) is 10.1. The quantitative estimate of drug-likeness (QED) is 0.790. The number of pyridine rings is 1. The van der Waals surface area contributed by atoms with Crippen LogP contribution in [0.3, 0.4) is 0 Å². The summed E-state index contributed by atoms with van der Waals surface area (Å²) in [5, 5.41) is 0.443. The van der Waals surface area contributed by atoms with Crippen molar-refractivity contribution in [3.8, 4) is 11.1 Å². The van der Waals surface area contributed by atoms with Crippen LogP contribution >= 0.6 is 25.3 Å². The third kappa shape index (κ3) is 5.56. The Bertz CT molecular complexity index is 443. The molecular weight excluding hydrogens is 265 g/mol. The van der Waals surface area contributed by atoms with E-state index >= 15 is 0 Å². The standard InChI is InChI=1S/C11H8FN.C3H8S2/c12-11-5-3-9(4-6-11)10-2-1-7-13-8-10;1-3(5)2-4/h1-8H;3-5H,2H2,1H3.